The highest BCUT2D eigenvalue weighted by Gasteiger charge is 2.41. The molecule has 3 aliphatic rings. The molecule has 0 spiro atoms. The Morgan fingerprint density at radius 3 is 2.32 bits per heavy atom. The van der Waals surface area contributed by atoms with Gasteiger partial charge in [-0.3, -0.25) is 9.59 Å². The summed E-state index contributed by atoms with van der Waals surface area (Å²) in [6.45, 7) is 7.61. The van der Waals surface area contributed by atoms with Gasteiger partial charge < -0.3 is 24.2 Å². The van der Waals surface area contributed by atoms with Gasteiger partial charge >= 0.3 is 6.09 Å². The van der Waals surface area contributed by atoms with Gasteiger partial charge in [-0.05, 0) is 80.0 Å². The van der Waals surface area contributed by atoms with Crippen LogP contribution in [0.3, 0.4) is 0 Å². The SMILES string of the molecule is COCCC(=O)N1CC(CN(C(=O)C2=C(c3cccc(-c4ccccc4)c3)CCN(C(=O)OC(C)(C)C)C2)C2CC2)c2ccccc21. The predicted octanol–water partition coefficient (Wildman–Crippen LogP) is 6.91. The summed E-state index contributed by atoms with van der Waals surface area (Å²) in [7, 11) is 1.60. The number of benzene rings is 3. The number of hydrogen-bond donors (Lipinski definition) is 0. The van der Waals surface area contributed by atoms with E-state index in [2.05, 4.69) is 36.4 Å². The fourth-order valence-electron chi connectivity index (χ4n) is 6.68. The maximum atomic E-state index is 14.8. The highest BCUT2D eigenvalue weighted by Crippen LogP contribution is 2.40. The molecule has 1 atom stereocenters. The van der Waals surface area contributed by atoms with Crippen molar-refractivity contribution >= 4 is 29.2 Å². The van der Waals surface area contributed by atoms with Crippen LogP contribution < -0.4 is 4.90 Å². The normalized spacial score (nSPS) is 17.8. The second-order valence-corrected chi connectivity index (χ2v) is 13.7. The molecule has 0 bridgehead atoms. The van der Waals surface area contributed by atoms with Crippen LogP contribution >= 0.6 is 0 Å². The van der Waals surface area contributed by atoms with Crippen LogP contribution in [0.15, 0.2) is 84.4 Å². The van der Waals surface area contributed by atoms with Crippen LogP contribution in [0.1, 0.15) is 63.5 Å². The summed E-state index contributed by atoms with van der Waals surface area (Å²) in [6, 6.07) is 26.7. The Morgan fingerprint density at radius 1 is 0.894 bits per heavy atom. The van der Waals surface area contributed by atoms with Gasteiger partial charge in [-0.1, -0.05) is 66.7 Å². The Kier molecular flexibility index (Phi) is 9.50. The molecule has 0 aromatic heterocycles. The van der Waals surface area contributed by atoms with E-state index in [1.807, 2.05) is 73.0 Å². The van der Waals surface area contributed by atoms with Crippen LogP contribution in [-0.2, 0) is 19.1 Å². The lowest BCUT2D eigenvalue weighted by molar-refractivity contribution is -0.128. The molecule has 2 aliphatic heterocycles. The topological polar surface area (TPSA) is 79.4 Å². The van der Waals surface area contributed by atoms with Gasteiger partial charge in [-0.2, -0.15) is 0 Å². The van der Waals surface area contributed by atoms with E-state index < -0.39 is 11.7 Å². The zero-order valence-electron chi connectivity index (χ0n) is 27.9. The molecular formula is C39H45N3O5. The third-order valence-corrected chi connectivity index (χ3v) is 9.13. The van der Waals surface area contributed by atoms with Crippen molar-refractivity contribution in [1.82, 2.24) is 9.80 Å². The highest BCUT2D eigenvalue weighted by molar-refractivity contribution is 6.03. The summed E-state index contributed by atoms with van der Waals surface area (Å²) in [5.41, 5.74) is 6.15. The fraction of sp³-hybridized carbons (Fsp3) is 0.410. The molecule has 246 valence electrons. The first-order chi connectivity index (χ1) is 22.6. The minimum absolute atomic E-state index is 0.0155. The molecule has 3 aromatic rings. The lowest BCUT2D eigenvalue weighted by Crippen LogP contribution is -2.46. The highest BCUT2D eigenvalue weighted by atomic mass is 16.6. The van der Waals surface area contributed by atoms with E-state index >= 15 is 0 Å². The van der Waals surface area contributed by atoms with Crippen molar-refractivity contribution in [3.63, 3.8) is 0 Å². The number of methoxy groups -OCH3 is 1. The average Bonchev–Trinajstić information content (AvgIpc) is 3.86. The van der Waals surface area contributed by atoms with E-state index in [1.54, 1.807) is 12.0 Å². The molecule has 0 N–H and O–H groups in total. The van der Waals surface area contributed by atoms with Crippen LogP contribution in [0, 0.1) is 0 Å². The van der Waals surface area contributed by atoms with Gasteiger partial charge in [-0.25, -0.2) is 4.79 Å². The number of carbonyl (C=O) groups is 3. The zero-order valence-corrected chi connectivity index (χ0v) is 27.9. The van der Waals surface area contributed by atoms with Gasteiger partial charge in [0.2, 0.25) is 5.91 Å². The summed E-state index contributed by atoms with van der Waals surface area (Å²) < 4.78 is 10.9. The van der Waals surface area contributed by atoms with Crippen LogP contribution in [0.2, 0.25) is 0 Å². The van der Waals surface area contributed by atoms with Crippen molar-refractivity contribution in [2.45, 2.75) is 64.0 Å². The molecule has 8 heteroatoms. The minimum atomic E-state index is -0.641. The van der Waals surface area contributed by atoms with Crippen molar-refractivity contribution in [2.24, 2.45) is 0 Å². The molecule has 8 nitrogen and oxygen atoms in total. The quantitative estimate of drug-likeness (QED) is 0.256. The Balaban J connectivity index is 1.34. The predicted molar refractivity (Wildman–Crippen MR) is 184 cm³/mol. The molecule has 3 amide bonds. The molecule has 1 aliphatic carbocycles. The first kappa shape index (κ1) is 32.5. The van der Waals surface area contributed by atoms with E-state index in [9.17, 15) is 14.4 Å². The summed E-state index contributed by atoms with van der Waals surface area (Å²) in [6.07, 6.45) is 2.33. The molecule has 1 fully saturated rings. The number of anilines is 1. The number of hydrogen-bond acceptors (Lipinski definition) is 5. The van der Waals surface area contributed by atoms with Gasteiger partial charge in [-0.15, -0.1) is 0 Å². The smallest absolute Gasteiger partial charge is 0.410 e. The summed E-state index contributed by atoms with van der Waals surface area (Å²) >= 11 is 0. The van der Waals surface area contributed by atoms with Crippen LogP contribution in [-0.4, -0.2) is 79.2 Å². The second-order valence-electron chi connectivity index (χ2n) is 13.7. The fourth-order valence-corrected chi connectivity index (χ4v) is 6.68. The Labute approximate surface area is 277 Å². The second kappa shape index (κ2) is 13.7. The summed E-state index contributed by atoms with van der Waals surface area (Å²) in [5, 5.41) is 0. The van der Waals surface area contributed by atoms with Gasteiger partial charge in [0.25, 0.3) is 5.91 Å². The summed E-state index contributed by atoms with van der Waals surface area (Å²) in [4.78, 5) is 46.8. The molecule has 0 radical (unpaired) electrons. The molecule has 47 heavy (non-hydrogen) atoms. The van der Waals surface area contributed by atoms with Crippen molar-refractivity contribution in [3.05, 3.63) is 95.6 Å². The van der Waals surface area contributed by atoms with E-state index in [4.69, 9.17) is 9.47 Å². The number of fused-ring (bicyclic) bond motifs is 1. The molecule has 3 aromatic carbocycles. The standard InChI is InChI=1S/C39H45N3O5/c1-39(2,3)47-38(45)40-21-19-32(29-14-10-13-28(23-29)27-11-6-5-7-12-27)34(26-40)37(44)41(31-17-18-31)24-30-25-42(36(43)20-22-46-4)35-16-9-8-15-33(30)35/h5-16,23,30-31H,17-22,24-26H2,1-4H3. The largest absolute Gasteiger partial charge is 0.444 e. The first-order valence-electron chi connectivity index (χ1n) is 16.7. The van der Waals surface area contributed by atoms with Crippen molar-refractivity contribution < 1.29 is 23.9 Å². The third kappa shape index (κ3) is 7.43. The molecule has 6 rings (SSSR count). The van der Waals surface area contributed by atoms with Gasteiger partial charge in [0.05, 0.1) is 19.6 Å². The lowest BCUT2D eigenvalue weighted by Gasteiger charge is -2.35. The van der Waals surface area contributed by atoms with E-state index in [1.165, 1.54) is 0 Å². The minimum Gasteiger partial charge on any atom is -0.444 e. The van der Waals surface area contributed by atoms with E-state index in [-0.39, 0.29) is 30.3 Å². The Hall–Kier alpha value is -4.43. The maximum Gasteiger partial charge on any atom is 0.410 e. The Bertz CT molecular complexity index is 1660. The lowest BCUT2D eigenvalue weighted by atomic mass is 9.90. The molecule has 0 saturated heterocycles. The molecule has 1 unspecified atom stereocenters. The number of carbonyl (C=O) groups excluding carboxylic acids is 3. The number of rotatable bonds is 9. The zero-order chi connectivity index (χ0) is 33.1. The van der Waals surface area contributed by atoms with Crippen LogP contribution in [0.25, 0.3) is 16.7 Å². The first-order valence-corrected chi connectivity index (χ1v) is 16.7. The van der Waals surface area contributed by atoms with Crippen LogP contribution in [0.5, 0.6) is 0 Å². The molecule has 2 heterocycles. The van der Waals surface area contributed by atoms with Crippen LogP contribution in [0.4, 0.5) is 10.5 Å². The third-order valence-electron chi connectivity index (χ3n) is 9.13. The van der Waals surface area contributed by atoms with E-state index in [0.717, 1.165) is 46.4 Å². The Morgan fingerprint density at radius 2 is 1.60 bits per heavy atom. The monoisotopic (exact) mass is 635 g/mol. The number of amides is 3. The number of nitrogens with zero attached hydrogens (tertiary/aromatic N) is 3. The average molecular weight is 636 g/mol. The van der Waals surface area contributed by atoms with Crippen molar-refractivity contribution in [1.29, 1.82) is 0 Å². The van der Waals surface area contributed by atoms with Gasteiger partial charge in [0.15, 0.2) is 0 Å². The molecule has 1 saturated carbocycles. The van der Waals surface area contributed by atoms with Gasteiger partial charge in [0.1, 0.15) is 5.60 Å². The maximum absolute atomic E-state index is 14.8. The van der Waals surface area contributed by atoms with Gasteiger partial charge in [0, 0.05) is 50.0 Å². The van der Waals surface area contributed by atoms with Crippen molar-refractivity contribution in [2.75, 3.05) is 44.8 Å². The van der Waals surface area contributed by atoms with E-state index in [0.29, 0.717) is 44.7 Å². The number of ether oxygens (including phenoxy) is 2. The molecular weight excluding hydrogens is 590 g/mol. The number of para-hydroxylation sites is 1. The summed E-state index contributed by atoms with van der Waals surface area (Å²) in [5.74, 6) is -0.0320. The van der Waals surface area contributed by atoms with Crippen molar-refractivity contribution in [3.8, 4) is 11.1 Å².